The zero-order chi connectivity index (χ0) is 50.7. The van der Waals surface area contributed by atoms with Gasteiger partial charge in [0, 0.05) is 106 Å². The van der Waals surface area contributed by atoms with E-state index in [1.807, 2.05) is 35.2 Å². The van der Waals surface area contributed by atoms with Crippen LogP contribution in [0, 0.1) is 37.0 Å². The summed E-state index contributed by atoms with van der Waals surface area (Å²) in [5.41, 5.74) is 22.4. The molecule has 2 amide bonds. The molecule has 3 aromatic carbocycles. The lowest BCUT2D eigenvalue weighted by Crippen LogP contribution is -2.46. The minimum absolute atomic E-state index is 0.0457. The molecule has 6 rings (SSSR count). The van der Waals surface area contributed by atoms with Crippen molar-refractivity contribution in [3.63, 3.8) is 0 Å². The highest BCUT2D eigenvalue weighted by atomic mass is 19.3. The zero-order valence-electron chi connectivity index (χ0n) is 40.3. The molecule has 1 aromatic heterocycles. The van der Waals surface area contributed by atoms with Gasteiger partial charge in [-0.15, -0.1) is 0 Å². The highest BCUT2D eigenvalue weighted by Gasteiger charge is 2.37. The molecule has 1 saturated heterocycles. The first-order valence-electron chi connectivity index (χ1n) is 23.7. The summed E-state index contributed by atoms with van der Waals surface area (Å²) in [6, 6.07) is 17.4. The Kier molecular flexibility index (Phi) is 17.9. The van der Waals surface area contributed by atoms with Crippen molar-refractivity contribution in [2.45, 2.75) is 90.1 Å². The number of carbonyl (C=O) groups excluding carboxylic acids is 5. The van der Waals surface area contributed by atoms with Gasteiger partial charge < -0.3 is 41.8 Å². The van der Waals surface area contributed by atoms with Crippen LogP contribution < -0.4 is 36.9 Å². The molecule has 70 heavy (non-hydrogen) atoms. The van der Waals surface area contributed by atoms with Crippen LogP contribution in [0.15, 0.2) is 60.7 Å². The second kappa shape index (κ2) is 23.8. The number of aromatic nitrogens is 2. The predicted molar refractivity (Wildman–Crippen MR) is 260 cm³/mol. The summed E-state index contributed by atoms with van der Waals surface area (Å²) >= 11 is 0. The molecule has 18 heteroatoms. The summed E-state index contributed by atoms with van der Waals surface area (Å²) in [7, 11) is 1.48. The summed E-state index contributed by atoms with van der Waals surface area (Å²) in [5, 5.41) is 12.1. The van der Waals surface area contributed by atoms with Crippen LogP contribution >= 0.6 is 0 Å². The van der Waals surface area contributed by atoms with Gasteiger partial charge in [-0.2, -0.15) is 5.26 Å². The molecule has 2 aliphatic heterocycles. The van der Waals surface area contributed by atoms with Gasteiger partial charge in [0.2, 0.25) is 11.8 Å². The van der Waals surface area contributed by atoms with E-state index >= 15 is 0 Å². The number of nitrogens with zero attached hydrogens (tertiary/aromatic N) is 5. The number of hydrogen-bond acceptors (Lipinski definition) is 14. The Morgan fingerprint density at radius 1 is 0.900 bits per heavy atom. The summed E-state index contributed by atoms with van der Waals surface area (Å²) in [6.07, 6.45) is -0.988. The van der Waals surface area contributed by atoms with E-state index in [2.05, 4.69) is 15.3 Å². The molecule has 0 radical (unpaired) electrons. The average molecular weight is 964 g/mol. The maximum absolute atomic E-state index is 14.9. The van der Waals surface area contributed by atoms with Gasteiger partial charge in [0.25, 0.3) is 5.92 Å². The number of alkyl halides is 2. The van der Waals surface area contributed by atoms with Crippen molar-refractivity contribution in [3.8, 4) is 40.1 Å². The molecule has 2 aliphatic rings. The van der Waals surface area contributed by atoms with Crippen LogP contribution in [0.4, 0.5) is 14.5 Å². The lowest BCUT2D eigenvalue weighted by atomic mass is 9.88. The van der Waals surface area contributed by atoms with E-state index in [4.69, 9.17) is 26.7 Å². The Morgan fingerprint density at radius 3 is 2.11 bits per heavy atom. The molecule has 372 valence electrons. The SMILES string of the molecule is Cc1nc(-c2ccc(N3CCC(F)(F)CC3)cc2)nc(C)c1C(=O)C[C@@H](CCN)C(=O)N(C)[C@@H]1C(=O)C[C@@H](C)C(=O)N[C@H](C(=O)CCC#N)Cc2ccc(OCCN)c(c2)-c2cc1ccc2OCCN. The number of amides is 2. The van der Waals surface area contributed by atoms with E-state index in [9.17, 15) is 38.0 Å². The lowest BCUT2D eigenvalue weighted by Gasteiger charge is -2.33. The van der Waals surface area contributed by atoms with Crippen LogP contribution in [-0.4, -0.2) is 109 Å². The fraction of sp³-hybridized carbons (Fsp3) is 0.462. The number of carbonyl (C=O) groups is 5. The Morgan fingerprint density at radius 2 is 1.51 bits per heavy atom. The van der Waals surface area contributed by atoms with Crippen LogP contribution in [0.1, 0.15) is 90.8 Å². The zero-order valence-corrected chi connectivity index (χ0v) is 40.3. The third-order valence-corrected chi connectivity index (χ3v) is 12.9. The van der Waals surface area contributed by atoms with Crippen molar-refractivity contribution in [3.05, 3.63) is 88.7 Å². The molecule has 0 unspecified atom stereocenters. The van der Waals surface area contributed by atoms with Crippen molar-refractivity contribution in [2.24, 2.45) is 29.0 Å². The van der Waals surface area contributed by atoms with Gasteiger partial charge in [-0.3, -0.25) is 24.0 Å². The molecular weight excluding hydrogens is 901 g/mol. The molecule has 1 fully saturated rings. The first-order valence-corrected chi connectivity index (χ1v) is 23.7. The third kappa shape index (κ3) is 12.7. The van der Waals surface area contributed by atoms with Gasteiger partial charge >= 0.3 is 0 Å². The minimum atomic E-state index is -2.66. The number of ketones is 3. The Labute approximate surface area is 407 Å². The number of halogens is 2. The van der Waals surface area contributed by atoms with Gasteiger partial charge in [-0.1, -0.05) is 19.1 Å². The number of rotatable bonds is 18. The largest absolute Gasteiger partial charge is 0.492 e. The number of ether oxygens (including phenoxy) is 2. The molecule has 7 N–H and O–H groups in total. The molecular formula is C52H63F2N9O7. The monoisotopic (exact) mass is 963 g/mol. The average Bonchev–Trinajstić information content (AvgIpc) is 3.33. The van der Waals surface area contributed by atoms with Gasteiger partial charge in [0.15, 0.2) is 23.2 Å². The first-order chi connectivity index (χ1) is 33.5. The fourth-order valence-electron chi connectivity index (χ4n) is 9.13. The van der Waals surface area contributed by atoms with Crippen LogP contribution in [0.25, 0.3) is 22.5 Å². The molecule has 4 aromatic rings. The number of nitriles is 1. The van der Waals surface area contributed by atoms with E-state index in [0.29, 0.717) is 56.5 Å². The quantitative estimate of drug-likeness (QED) is 0.0889. The number of anilines is 1. The number of likely N-dealkylation sites (N-methyl/N-ethyl adjacent to an activating group) is 1. The minimum Gasteiger partial charge on any atom is -0.492 e. The summed E-state index contributed by atoms with van der Waals surface area (Å²) in [5.74, 6) is -5.73. The van der Waals surface area contributed by atoms with E-state index in [1.165, 1.54) is 11.9 Å². The molecule has 16 nitrogen and oxygen atoms in total. The molecule has 3 heterocycles. The van der Waals surface area contributed by atoms with Crippen molar-refractivity contribution >= 4 is 34.9 Å². The maximum Gasteiger partial charge on any atom is 0.251 e. The van der Waals surface area contributed by atoms with Gasteiger partial charge in [-0.25, -0.2) is 18.7 Å². The number of nitrogens with two attached hydrogens (primary N) is 3. The van der Waals surface area contributed by atoms with E-state index in [1.54, 1.807) is 57.2 Å². The number of piperidine rings is 1. The molecule has 0 aliphatic carbocycles. The highest BCUT2D eigenvalue weighted by molar-refractivity contribution is 6.01. The van der Waals surface area contributed by atoms with Crippen LogP contribution in [-0.2, 0) is 25.6 Å². The van der Waals surface area contributed by atoms with Crippen molar-refractivity contribution in [1.82, 2.24) is 20.2 Å². The number of aryl methyl sites for hydroxylation is 2. The normalized spacial score (nSPS) is 18.5. The molecule has 4 atom stereocenters. The highest BCUT2D eigenvalue weighted by Crippen LogP contribution is 2.41. The summed E-state index contributed by atoms with van der Waals surface area (Å²) in [4.78, 5) is 83.8. The van der Waals surface area contributed by atoms with Crippen LogP contribution in [0.2, 0.25) is 0 Å². The summed E-state index contributed by atoms with van der Waals surface area (Å²) < 4.78 is 39.8. The first kappa shape index (κ1) is 52.7. The number of fused-ring (bicyclic) bond motifs is 5. The lowest BCUT2D eigenvalue weighted by molar-refractivity contribution is -0.142. The van der Waals surface area contributed by atoms with Crippen LogP contribution in [0.3, 0.4) is 0 Å². The Hall–Kier alpha value is -6.68. The molecule has 0 saturated carbocycles. The van der Waals surface area contributed by atoms with Crippen molar-refractivity contribution < 1.29 is 42.2 Å². The number of benzene rings is 3. The maximum atomic E-state index is 14.9. The Balaban J connectivity index is 1.34. The van der Waals surface area contributed by atoms with E-state index < -0.39 is 53.2 Å². The van der Waals surface area contributed by atoms with E-state index in [-0.39, 0.29) is 109 Å². The topological polar surface area (TPSA) is 250 Å². The van der Waals surface area contributed by atoms with Gasteiger partial charge in [-0.05, 0) is 92.9 Å². The number of nitrogens with one attached hydrogen (secondary N) is 1. The third-order valence-electron chi connectivity index (χ3n) is 12.9. The van der Waals surface area contributed by atoms with Gasteiger partial charge in [0.05, 0.1) is 29.1 Å². The number of hydrogen-bond donors (Lipinski definition) is 4. The van der Waals surface area contributed by atoms with Crippen molar-refractivity contribution in [2.75, 3.05) is 57.9 Å². The van der Waals surface area contributed by atoms with Crippen LogP contribution in [0.5, 0.6) is 11.5 Å². The number of Topliss-reactive ketones (excluding diaryl/α,β-unsaturated/α-hetero) is 3. The second-order valence-electron chi connectivity index (χ2n) is 18.1. The Bertz CT molecular complexity index is 2570. The standard InChI is InChI=1S/C52H63F2N9O7/c1-31-26-44(66)48(36-10-14-46(70-25-21-58)40(29-36)39-27-34(7-13-45(39)69-24-20-57)28-41(61-50(31)67)42(64)6-5-18-55)62(4)51(68)37(15-19-56)30-43(65)47-32(2)59-49(60-33(47)3)35-8-11-38(12-9-35)63-22-16-52(53,54)17-23-63/h7-14,27,29,31,37,41,48H,5-6,15-17,19-26,28,30,56-58H2,1-4H3,(H,61,67)/t31-,37-,41+,48+/m1/s1. The van der Waals surface area contributed by atoms with Gasteiger partial charge in [0.1, 0.15) is 30.8 Å². The smallest absolute Gasteiger partial charge is 0.251 e. The van der Waals surface area contributed by atoms with E-state index in [0.717, 1.165) is 5.69 Å². The second-order valence-corrected chi connectivity index (χ2v) is 18.1. The summed E-state index contributed by atoms with van der Waals surface area (Å²) in [6.45, 7) is 6.18. The predicted octanol–water partition coefficient (Wildman–Crippen LogP) is 5.58. The van der Waals surface area contributed by atoms with Crippen molar-refractivity contribution in [1.29, 1.82) is 5.26 Å². The molecule has 0 spiro atoms. The molecule has 4 bridgehead atoms. The fourth-order valence-corrected chi connectivity index (χ4v) is 9.13.